The van der Waals surface area contributed by atoms with Crippen molar-refractivity contribution in [1.29, 1.82) is 0 Å². The molecule has 0 aromatic heterocycles. The number of ether oxygens (including phenoxy) is 1. The molecule has 3 unspecified atom stereocenters. The molecule has 0 aliphatic carbocycles. The maximum absolute atomic E-state index is 13.1. The molecule has 158 valence electrons. The predicted molar refractivity (Wildman–Crippen MR) is 106 cm³/mol. The van der Waals surface area contributed by atoms with Gasteiger partial charge in [0.15, 0.2) is 0 Å². The Labute approximate surface area is 165 Å². The Balaban J connectivity index is 1.86. The van der Waals surface area contributed by atoms with Crippen LogP contribution in [0.5, 0.6) is 0 Å². The highest BCUT2D eigenvalue weighted by Gasteiger charge is 2.38. The molecule has 0 saturated carbocycles. The number of nitrogens with one attached hydrogen (secondary N) is 1. The van der Waals surface area contributed by atoms with E-state index in [2.05, 4.69) is 19.2 Å². The van der Waals surface area contributed by atoms with Gasteiger partial charge in [-0.2, -0.15) is 17.0 Å². The number of piperidine rings is 2. The zero-order valence-corrected chi connectivity index (χ0v) is 18.1. The van der Waals surface area contributed by atoms with Gasteiger partial charge < -0.3 is 10.1 Å². The quantitative estimate of drug-likeness (QED) is 0.628. The Morgan fingerprint density at radius 1 is 1.15 bits per heavy atom. The smallest absolute Gasteiger partial charge is 0.282 e. The van der Waals surface area contributed by atoms with Gasteiger partial charge in [-0.25, -0.2) is 0 Å². The van der Waals surface area contributed by atoms with Crippen LogP contribution < -0.4 is 5.32 Å². The minimum absolute atomic E-state index is 0.0418. The van der Waals surface area contributed by atoms with Crippen LogP contribution in [0.15, 0.2) is 0 Å². The molecule has 1 N–H and O–H groups in total. The minimum atomic E-state index is -3.49. The lowest BCUT2D eigenvalue weighted by Crippen LogP contribution is -2.53. The number of hydrogen-bond acceptors (Lipinski definition) is 4. The summed E-state index contributed by atoms with van der Waals surface area (Å²) in [6.07, 6.45) is 3.50. The van der Waals surface area contributed by atoms with Crippen LogP contribution in [0, 0.1) is 17.8 Å². The Hall–Kier alpha value is -0.700. The first-order valence-corrected chi connectivity index (χ1v) is 11.7. The average Bonchev–Trinajstić information content (AvgIpc) is 2.60. The Morgan fingerprint density at radius 2 is 1.81 bits per heavy atom. The van der Waals surface area contributed by atoms with E-state index in [1.54, 1.807) is 4.31 Å². The summed E-state index contributed by atoms with van der Waals surface area (Å²) in [5.74, 6) is 0.444. The minimum Gasteiger partial charge on any atom is -0.379 e. The zero-order chi connectivity index (χ0) is 20.0. The molecule has 1 amide bonds. The number of carbonyl (C=O) groups excluding carboxylic acids is 1. The van der Waals surface area contributed by atoms with E-state index in [0.29, 0.717) is 44.6 Å². The third-order valence-corrected chi connectivity index (χ3v) is 7.25. The molecule has 2 saturated heterocycles. The molecule has 2 aliphatic heterocycles. The van der Waals surface area contributed by atoms with Gasteiger partial charge in [0.1, 0.15) is 0 Å². The fraction of sp³-hybridized carbons (Fsp3) is 0.947. The lowest BCUT2D eigenvalue weighted by molar-refractivity contribution is -0.126. The van der Waals surface area contributed by atoms with Gasteiger partial charge in [0.2, 0.25) is 5.91 Å². The molecule has 2 aliphatic rings. The molecular formula is C19H37N3O4S. The third kappa shape index (κ3) is 6.69. The van der Waals surface area contributed by atoms with Crippen LogP contribution in [0.25, 0.3) is 0 Å². The first kappa shape index (κ1) is 22.6. The summed E-state index contributed by atoms with van der Waals surface area (Å²) < 4.78 is 34.7. The van der Waals surface area contributed by atoms with E-state index in [9.17, 15) is 13.2 Å². The topological polar surface area (TPSA) is 79.0 Å². The summed E-state index contributed by atoms with van der Waals surface area (Å²) in [5, 5.41) is 2.94. The Morgan fingerprint density at radius 3 is 2.44 bits per heavy atom. The van der Waals surface area contributed by atoms with Crippen LogP contribution in [0.2, 0.25) is 0 Å². The van der Waals surface area contributed by atoms with Crippen molar-refractivity contribution in [3.05, 3.63) is 0 Å². The number of amides is 1. The van der Waals surface area contributed by atoms with Gasteiger partial charge in [0.05, 0.1) is 12.0 Å². The van der Waals surface area contributed by atoms with E-state index in [-0.39, 0.29) is 24.5 Å². The number of nitrogens with zero attached hydrogens (tertiary/aromatic N) is 2. The number of hydrogen-bond donors (Lipinski definition) is 1. The highest BCUT2D eigenvalue weighted by molar-refractivity contribution is 7.86. The van der Waals surface area contributed by atoms with Gasteiger partial charge in [0, 0.05) is 39.3 Å². The average molecular weight is 404 g/mol. The van der Waals surface area contributed by atoms with Crippen molar-refractivity contribution >= 4 is 16.1 Å². The summed E-state index contributed by atoms with van der Waals surface area (Å²) in [7, 11) is -3.49. The Bertz CT molecular complexity index is 572. The number of rotatable bonds is 8. The SMILES string of the molecule is CC1CC(C)CN(S(=O)(=O)N2CCCC(C(=O)NCCCOC(C)C)C2)C1. The van der Waals surface area contributed by atoms with Gasteiger partial charge in [-0.15, -0.1) is 0 Å². The fourth-order valence-electron chi connectivity index (χ4n) is 4.07. The molecule has 0 spiro atoms. The van der Waals surface area contributed by atoms with E-state index in [1.165, 1.54) is 4.31 Å². The third-order valence-electron chi connectivity index (χ3n) is 5.31. The largest absolute Gasteiger partial charge is 0.379 e. The summed E-state index contributed by atoms with van der Waals surface area (Å²) >= 11 is 0. The molecule has 0 aromatic carbocycles. The molecule has 0 bridgehead atoms. The first-order chi connectivity index (χ1) is 12.7. The molecule has 0 radical (unpaired) electrons. The standard InChI is InChI=1S/C19H37N3O4S/c1-15(2)26-10-6-8-20-19(23)18-7-5-9-21(14-18)27(24,25)22-12-16(3)11-17(4)13-22/h15-18H,5-14H2,1-4H3,(H,20,23). The van der Waals surface area contributed by atoms with Crippen LogP contribution in [0.4, 0.5) is 0 Å². The lowest BCUT2D eigenvalue weighted by atomic mass is 9.94. The van der Waals surface area contributed by atoms with Gasteiger partial charge >= 0.3 is 0 Å². The number of carbonyl (C=O) groups is 1. The lowest BCUT2D eigenvalue weighted by Gasteiger charge is -2.39. The van der Waals surface area contributed by atoms with E-state index in [4.69, 9.17) is 4.74 Å². The van der Waals surface area contributed by atoms with Crippen LogP contribution >= 0.6 is 0 Å². The normalized spacial score (nSPS) is 28.4. The van der Waals surface area contributed by atoms with Gasteiger partial charge in [-0.05, 0) is 51.4 Å². The molecule has 2 fully saturated rings. The highest BCUT2D eigenvalue weighted by atomic mass is 32.2. The summed E-state index contributed by atoms with van der Waals surface area (Å²) in [5.41, 5.74) is 0. The Kier molecular flexibility index (Phi) is 8.52. The predicted octanol–water partition coefficient (Wildman–Crippen LogP) is 1.85. The molecular weight excluding hydrogens is 366 g/mol. The van der Waals surface area contributed by atoms with Crippen molar-refractivity contribution in [2.75, 3.05) is 39.3 Å². The van der Waals surface area contributed by atoms with E-state index >= 15 is 0 Å². The molecule has 2 rings (SSSR count). The van der Waals surface area contributed by atoms with Gasteiger partial charge in [0.25, 0.3) is 10.2 Å². The summed E-state index contributed by atoms with van der Waals surface area (Å²) in [6, 6.07) is 0. The van der Waals surface area contributed by atoms with Crippen LogP contribution in [0.1, 0.15) is 53.4 Å². The van der Waals surface area contributed by atoms with Gasteiger partial charge in [-0.1, -0.05) is 13.8 Å². The highest BCUT2D eigenvalue weighted by Crippen LogP contribution is 2.27. The monoisotopic (exact) mass is 403 g/mol. The van der Waals surface area contributed by atoms with E-state index in [0.717, 1.165) is 25.7 Å². The maximum Gasteiger partial charge on any atom is 0.282 e. The first-order valence-electron chi connectivity index (χ1n) is 10.3. The van der Waals surface area contributed by atoms with Gasteiger partial charge in [-0.3, -0.25) is 4.79 Å². The molecule has 0 aromatic rings. The second-order valence-electron chi connectivity index (χ2n) is 8.53. The van der Waals surface area contributed by atoms with Crippen molar-refractivity contribution in [3.8, 4) is 0 Å². The fourth-order valence-corrected chi connectivity index (χ4v) is 6.01. The van der Waals surface area contributed by atoms with Crippen molar-refractivity contribution < 1.29 is 17.9 Å². The maximum atomic E-state index is 13.1. The second kappa shape index (κ2) is 10.2. The second-order valence-corrected chi connectivity index (χ2v) is 10.5. The van der Waals surface area contributed by atoms with Crippen LogP contribution in [0.3, 0.4) is 0 Å². The van der Waals surface area contributed by atoms with Crippen molar-refractivity contribution in [2.45, 2.75) is 59.5 Å². The molecule has 3 atom stereocenters. The summed E-state index contributed by atoms with van der Waals surface area (Å²) in [6.45, 7) is 11.3. The molecule has 2 heterocycles. The molecule has 27 heavy (non-hydrogen) atoms. The van der Waals surface area contributed by atoms with E-state index < -0.39 is 10.2 Å². The zero-order valence-electron chi connectivity index (χ0n) is 17.3. The summed E-state index contributed by atoms with van der Waals surface area (Å²) in [4.78, 5) is 12.5. The van der Waals surface area contributed by atoms with E-state index in [1.807, 2.05) is 13.8 Å². The van der Waals surface area contributed by atoms with Crippen LogP contribution in [-0.4, -0.2) is 68.4 Å². The van der Waals surface area contributed by atoms with Crippen molar-refractivity contribution in [2.24, 2.45) is 17.8 Å². The molecule has 7 nitrogen and oxygen atoms in total. The molecule has 8 heteroatoms. The van der Waals surface area contributed by atoms with Crippen LogP contribution in [-0.2, 0) is 19.7 Å². The van der Waals surface area contributed by atoms with Crippen molar-refractivity contribution in [1.82, 2.24) is 13.9 Å². The van der Waals surface area contributed by atoms with Crippen molar-refractivity contribution in [3.63, 3.8) is 0 Å².